The molecule has 2 heterocycles. The second-order valence-corrected chi connectivity index (χ2v) is 7.18. The zero-order chi connectivity index (χ0) is 19.3. The lowest BCUT2D eigenvalue weighted by atomic mass is 10.1. The van der Waals surface area contributed by atoms with E-state index in [4.69, 9.17) is 17.0 Å². The Bertz CT molecular complexity index is 1040. The van der Waals surface area contributed by atoms with Crippen LogP contribution in [-0.4, -0.2) is 44.9 Å². The molecule has 1 N–H and O–H groups in total. The summed E-state index contributed by atoms with van der Waals surface area (Å²) in [5.74, 6) is 1.52. The van der Waals surface area contributed by atoms with Crippen LogP contribution >= 0.6 is 24.0 Å². The van der Waals surface area contributed by atoms with Crippen LogP contribution in [0.5, 0.6) is 5.75 Å². The summed E-state index contributed by atoms with van der Waals surface area (Å²) in [6.45, 7) is 0. The fourth-order valence-corrected chi connectivity index (χ4v) is 3.78. The molecule has 0 bridgehead atoms. The number of benzene rings is 2. The number of nitrogens with zero attached hydrogens (tertiary/aromatic N) is 5. The molecule has 0 unspecified atom stereocenters. The predicted molar refractivity (Wildman–Crippen MR) is 115 cm³/mol. The third-order valence-electron chi connectivity index (χ3n) is 3.99. The van der Waals surface area contributed by atoms with Gasteiger partial charge in [-0.25, -0.2) is 0 Å². The summed E-state index contributed by atoms with van der Waals surface area (Å²) in [5.41, 5.74) is 6.36. The monoisotopic (exact) mass is 408 g/mol. The van der Waals surface area contributed by atoms with Crippen LogP contribution in [0.15, 0.2) is 69.8 Å². The van der Waals surface area contributed by atoms with E-state index in [1.807, 2.05) is 54.6 Å². The Balaban J connectivity index is 1.46. The van der Waals surface area contributed by atoms with Gasteiger partial charge in [0.05, 0.1) is 19.0 Å². The maximum atomic E-state index is 5.42. The van der Waals surface area contributed by atoms with Crippen LogP contribution in [0, 0.1) is 0 Å². The molecule has 3 aromatic rings. The lowest BCUT2D eigenvalue weighted by Gasteiger charge is -2.13. The molecule has 0 radical (unpaired) electrons. The van der Waals surface area contributed by atoms with Crippen molar-refractivity contribution >= 4 is 40.9 Å². The van der Waals surface area contributed by atoms with Crippen LogP contribution in [0.3, 0.4) is 0 Å². The number of hydrogen-bond acceptors (Lipinski definition) is 7. The van der Waals surface area contributed by atoms with E-state index >= 15 is 0 Å². The fourth-order valence-electron chi connectivity index (χ4n) is 2.56. The van der Waals surface area contributed by atoms with Gasteiger partial charge in [-0.15, -0.1) is 9.89 Å². The van der Waals surface area contributed by atoms with Crippen molar-refractivity contribution in [1.29, 1.82) is 0 Å². The lowest BCUT2D eigenvalue weighted by Crippen LogP contribution is -2.19. The Morgan fingerprint density at radius 2 is 2.00 bits per heavy atom. The Hall–Kier alpha value is -3.04. The predicted octanol–water partition coefficient (Wildman–Crippen LogP) is 2.94. The minimum atomic E-state index is 0.400. The Morgan fingerprint density at radius 3 is 2.75 bits per heavy atom. The van der Waals surface area contributed by atoms with E-state index in [-0.39, 0.29) is 0 Å². The minimum absolute atomic E-state index is 0.400. The number of aromatic nitrogens is 3. The maximum absolute atomic E-state index is 5.42. The van der Waals surface area contributed by atoms with E-state index in [1.165, 1.54) is 4.79 Å². The molecule has 1 aromatic heterocycles. The maximum Gasteiger partial charge on any atom is 0.158 e. The standard InChI is InChI=1S/C19H16N6OS2/c1-26-15-9-7-13(8-10-15)11-20-22-18(27)17-19-25(24-21-17)23-16(12-28-19)14-5-3-2-4-6-14/h2-11H,12H2,1H3,(H,22,27)/b20-11+. The SMILES string of the molecule is COc1ccc(/C=N/NC(=S)c2nnn3c2SCC(c2ccccc2)=N3)cc1. The van der Waals surface area contributed by atoms with Crippen molar-refractivity contribution in [2.75, 3.05) is 12.9 Å². The topological polar surface area (TPSA) is 76.7 Å². The molecule has 0 atom stereocenters. The van der Waals surface area contributed by atoms with E-state index in [1.54, 1.807) is 25.1 Å². The van der Waals surface area contributed by atoms with E-state index in [0.717, 1.165) is 33.4 Å². The van der Waals surface area contributed by atoms with Crippen molar-refractivity contribution in [3.05, 3.63) is 71.4 Å². The molecule has 28 heavy (non-hydrogen) atoms. The number of methoxy groups -OCH3 is 1. The summed E-state index contributed by atoms with van der Waals surface area (Å²) in [5, 5.41) is 17.8. The average Bonchev–Trinajstić information content (AvgIpc) is 3.18. The fraction of sp³-hybridized carbons (Fsp3) is 0.105. The van der Waals surface area contributed by atoms with Crippen LogP contribution < -0.4 is 10.2 Å². The molecule has 7 nitrogen and oxygen atoms in total. The van der Waals surface area contributed by atoms with Gasteiger partial charge < -0.3 is 4.74 Å². The van der Waals surface area contributed by atoms with Crippen molar-refractivity contribution < 1.29 is 4.74 Å². The molecule has 0 saturated heterocycles. The number of nitrogens with one attached hydrogen (secondary N) is 1. The number of fused-ring (bicyclic) bond motifs is 1. The molecule has 1 aliphatic heterocycles. The van der Waals surface area contributed by atoms with Crippen molar-refractivity contribution in [2.45, 2.75) is 5.03 Å². The van der Waals surface area contributed by atoms with Gasteiger partial charge in [0.25, 0.3) is 0 Å². The van der Waals surface area contributed by atoms with Crippen LogP contribution in [-0.2, 0) is 0 Å². The lowest BCUT2D eigenvalue weighted by molar-refractivity contribution is 0.415. The highest BCUT2D eigenvalue weighted by molar-refractivity contribution is 8.00. The third kappa shape index (κ3) is 3.95. The summed E-state index contributed by atoms with van der Waals surface area (Å²) >= 11 is 7.02. The summed E-state index contributed by atoms with van der Waals surface area (Å²) < 4.78 is 5.14. The van der Waals surface area contributed by atoms with Gasteiger partial charge in [-0.1, -0.05) is 54.3 Å². The first-order valence-corrected chi connectivity index (χ1v) is 9.83. The molecular weight excluding hydrogens is 392 g/mol. The smallest absolute Gasteiger partial charge is 0.158 e. The van der Waals surface area contributed by atoms with E-state index in [9.17, 15) is 0 Å². The molecule has 4 rings (SSSR count). The molecule has 0 fully saturated rings. The Labute approximate surface area is 171 Å². The number of ether oxygens (including phenoxy) is 1. The van der Waals surface area contributed by atoms with Gasteiger partial charge in [0, 0.05) is 5.75 Å². The number of thiocarbonyl (C=S) groups is 1. The summed E-state index contributed by atoms with van der Waals surface area (Å²) in [6, 6.07) is 17.6. The third-order valence-corrected chi connectivity index (χ3v) is 5.32. The first-order chi connectivity index (χ1) is 13.7. The highest BCUT2D eigenvalue weighted by atomic mass is 32.2. The Kier molecular flexibility index (Phi) is 5.45. The summed E-state index contributed by atoms with van der Waals surface area (Å²) in [4.78, 5) is 1.92. The van der Waals surface area contributed by atoms with Crippen molar-refractivity contribution in [3.8, 4) is 5.75 Å². The van der Waals surface area contributed by atoms with Crippen LogP contribution in [0.4, 0.5) is 0 Å². The molecule has 9 heteroatoms. The van der Waals surface area contributed by atoms with Crippen LogP contribution in [0.25, 0.3) is 0 Å². The first kappa shape index (κ1) is 18.3. The molecule has 0 amide bonds. The highest BCUT2D eigenvalue weighted by Gasteiger charge is 2.22. The van der Waals surface area contributed by atoms with Crippen LogP contribution in [0.1, 0.15) is 16.8 Å². The van der Waals surface area contributed by atoms with Gasteiger partial charge in [-0.2, -0.15) is 10.2 Å². The van der Waals surface area contributed by atoms with E-state index in [2.05, 4.69) is 25.9 Å². The number of thioether (sulfide) groups is 1. The van der Waals surface area contributed by atoms with Gasteiger partial charge in [0.1, 0.15) is 10.7 Å². The van der Waals surface area contributed by atoms with Gasteiger partial charge >= 0.3 is 0 Å². The molecule has 0 aliphatic carbocycles. The zero-order valence-corrected chi connectivity index (χ0v) is 16.6. The van der Waals surface area contributed by atoms with Gasteiger partial charge in [-0.05, 0) is 40.6 Å². The molecule has 1 aliphatic rings. The highest BCUT2D eigenvalue weighted by Crippen LogP contribution is 2.26. The van der Waals surface area contributed by atoms with E-state index < -0.39 is 0 Å². The first-order valence-electron chi connectivity index (χ1n) is 8.44. The second-order valence-electron chi connectivity index (χ2n) is 5.81. The minimum Gasteiger partial charge on any atom is -0.497 e. The average molecular weight is 409 g/mol. The van der Waals surface area contributed by atoms with Crippen molar-refractivity contribution in [2.24, 2.45) is 10.2 Å². The molecule has 2 aromatic carbocycles. The van der Waals surface area contributed by atoms with Gasteiger partial charge in [0.2, 0.25) is 0 Å². The quantitative estimate of drug-likeness (QED) is 0.397. The number of rotatable bonds is 5. The summed E-state index contributed by atoms with van der Waals surface area (Å²) in [7, 11) is 1.63. The van der Waals surface area contributed by atoms with Crippen molar-refractivity contribution in [1.82, 2.24) is 20.5 Å². The zero-order valence-electron chi connectivity index (χ0n) is 14.9. The largest absolute Gasteiger partial charge is 0.497 e. The summed E-state index contributed by atoms with van der Waals surface area (Å²) in [6.07, 6.45) is 1.68. The van der Waals surface area contributed by atoms with Crippen molar-refractivity contribution in [3.63, 3.8) is 0 Å². The molecule has 140 valence electrons. The number of hydrogen-bond donors (Lipinski definition) is 1. The second kappa shape index (κ2) is 8.32. The van der Waals surface area contributed by atoms with Gasteiger partial charge in [-0.3, -0.25) is 5.43 Å². The van der Waals surface area contributed by atoms with E-state index in [0.29, 0.717) is 10.7 Å². The Morgan fingerprint density at radius 1 is 1.21 bits per heavy atom. The number of hydrazone groups is 1. The molecule has 0 saturated carbocycles. The van der Waals surface area contributed by atoms with Crippen LogP contribution in [0.2, 0.25) is 0 Å². The molecular formula is C19H16N6OS2. The molecule has 0 spiro atoms. The van der Waals surface area contributed by atoms with Gasteiger partial charge in [0.15, 0.2) is 10.7 Å². The normalized spacial score (nSPS) is 13.1.